The number of hydrogen-bond acceptors (Lipinski definition) is 3. The lowest BCUT2D eigenvalue weighted by atomic mass is 9.90. The average molecular weight is 354 g/mol. The van der Waals surface area contributed by atoms with E-state index >= 15 is 0 Å². The second kappa shape index (κ2) is 6.26. The van der Waals surface area contributed by atoms with Crippen molar-refractivity contribution < 1.29 is 9.53 Å². The summed E-state index contributed by atoms with van der Waals surface area (Å²) in [7, 11) is 1.63. The summed E-state index contributed by atoms with van der Waals surface area (Å²) in [6.45, 7) is 0. The normalized spacial score (nSPS) is 16.2. The van der Waals surface area contributed by atoms with Gasteiger partial charge in [-0.2, -0.15) is 0 Å². The molecule has 6 heteroatoms. The van der Waals surface area contributed by atoms with E-state index in [-0.39, 0.29) is 11.8 Å². The summed E-state index contributed by atoms with van der Waals surface area (Å²) in [6.07, 6.45) is 2.09. The Labute approximate surface area is 150 Å². The molecule has 0 spiro atoms. The molecule has 25 heavy (non-hydrogen) atoms. The lowest BCUT2D eigenvalue weighted by Gasteiger charge is -2.23. The number of amides is 1. The molecular weight excluding hydrogens is 338 g/mol. The van der Waals surface area contributed by atoms with Crippen molar-refractivity contribution in [3.63, 3.8) is 0 Å². The molecule has 1 amide bonds. The van der Waals surface area contributed by atoms with Crippen LogP contribution < -0.4 is 10.1 Å². The highest BCUT2D eigenvalue weighted by atomic mass is 35.5. The summed E-state index contributed by atoms with van der Waals surface area (Å²) in [5, 5.41) is 3.60. The SMILES string of the molecule is COc1ccc(-n2cnc3c2NC(=O)CC3c2cccc(Cl)c2)cc1. The van der Waals surface area contributed by atoms with E-state index < -0.39 is 0 Å². The fourth-order valence-corrected chi connectivity index (χ4v) is 3.34. The van der Waals surface area contributed by atoms with E-state index in [4.69, 9.17) is 16.3 Å². The molecule has 2 heterocycles. The lowest BCUT2D eigenvalue weighted by molar-refractivity contribution is -0.116. The predicted molar refractivity (Wildman–Crippen MR) is 96.7 cm³/mol. The Hall–Kier alpha value is -2.79. The zero-order chi connectivity index (χ0) is 17.4. The number of nitrogens with one attached hydrogen (secondary N) is 1. The minimum absolute atomic E-state index is 0.0345. The maximum atomic E-state index is 12.3. The van der Waals surface area contributed by atoms with Gasteiger partial charge in [-0.25, -0.2) is 4.98 Å². The second-order valence-electron chi connectivity index (χ2n) is 5.91. The van der Waals surface area contributed by atoms with Crippen molar-refractivity contribution in [1.82, 2.24) is 9.55 Å². The molecule has 1 N–H and O–H groups in total. The molecule has 0 saturated heterocycles. The quantitative estimate of drug-likeness (QED) is 0.774. The molecule has 0 saturated carbocycles. The first-order valence-corrected chi connectivity index (χ1v) is 8.30. The summed E-state index contributed by atoms with van der Waals surface area (Å²) >= 11 is 6.12. The zero-order valence-corrected chi connectivity index (χ0v) is 14.3. The molecule has 0 radical (unpaired) electrons. The first-order chi connectivity index (χ1) is 12.2. The summed E-state index contributed by atoms with van der Waals surface area (Å²) in [5.41, 5.74) is 2.74. The highest BCUT2D eigenvalue weighted by Gasteiger charge is 2.31. The molecule has 0 aliphatic carbocycles. The Kier molecular flexibility index (Phi) is 3.93. The summed E-state index contributed by atoms with van der Waals surface area (Å²) in [4.78, 5) is 16.8. The van der Waals surface area contributed by atoms with Gasteiger partial charge in [0.25, 0.3) is 0 Å². The number of anilines is 1. The van der Waals surface area contributed by atoms with Gasteiger partial charge in [0.15, 0.2) is 0 Å². The number of aromatic nitrogens is 2. The number of ether oxygens (including phenoxy) is 1. The molecule has 3 aromatic rings. The van der Waals surface area contributed by atoms with E-state index in [2.05, 4.69) is 10.3 Å². The van der Waals surface area contributed by atoms with Crippen molar-refractivity contribution in [3.8, 4) is 11.4 Å². The third-order valence-electron chi connectivity index (χ3n) is 4.37. The number of carbonyl (C=O) groups excluding carboxylic acids is 1. The van der Waals surface area contributed by atoms with E-state index in [0.29, 0.717) is 17.3 Å². The first-order valence-electron chi connectivity index (χ1n) is 7.92. The summed E-state index contributed by atoms with van der Waals surface area (Å²) < 4.78 is 7.07. The van der Waals surface area contributed by atoms with Crippen molar-refractivity contribution in [1.29, 1.82) is 0 Å². The van der Waals surface area contributed by atoms with Gasteiger partial charge < -0.3 is 10.1 Å². The number of nitrogens with zero attached hydrogens (tertiary/aromatic N) is 2. The fraction of sp³-hybridized carbons (Fsp3) is 0.158. The van der Waals surface area contributed by atoms with Crippen LogP contribution in [0.1, 0.15) is 23.6 Å². The number of hydrogen-bond donors (Lipinski definition) is 1. The third-order valence-corrected chi connectivity index (χ3v) is 4.61. The van der Waals surface area contributed by atoms with Crippen molar-refractivity contribution in [2.75, 3.05) is 12.4 Å². The van der Waals surface area contributed by atoms with Crippen LogP contribution in [0.15, 0.2) is 54.9 Å². The maximum Gasteiger partial charge on any atom is 0.226 e. The molecule has 1 aliphatic rings. The van der Waals surface area contributed by atoms with Gasteiger partial charge in [-0.15, -0.1) is 0 Å². The van der Waals surface area contributed by atoms with Gasteiger partial charge in [0.05, 0.1) is 12.8 Å². The molecular formula is C19H16ClN3O2. The second-order valence-corrected chi connectivity index (χ2v) is 6.34. The number of carbonyl (C=O) groups is 1. The number of imidazole rings is 1. The Bertz CT molecular complexity index is 934. The molecule has 1 atom stereocenters. The van der Waals surface area contributed by atoms with Crippen LogP contribution in [0.3, 0.4) is 0 Å². The van der Waals surface area contributed by atoms with E-state index in [1.165, 1.54) is 0 Å². The fourth-order valence-electron chi connectivity index (χ4n) is 3.14. The van der Waals surface area contributed by atoms with E-state index in [0.717, 1.165) is 22.7 Å². The molecule has 1 aromatic heterocycles. The molecule has 126 valence electrons. The Morgan fingerprint density at radius 1 is 1.24 bits per heavy atom. The Morgan fingerprint density at radius 2 is 2.04 bits per heavy atom. The molecule has 1 aliphatic heterocycles. The van der Waals surface area contributed by atoms with Crippen molar-refractivity contribution in [3.05, 3.63) is 71.1 Å². The zero-order valence-electron chi connectivity index (χ0n) is 13.6. The number of fused-ring (bicyclic) bond motifs is 1. The minimum Gasteiger partial charge on any atom is -0.497 e. The van der Waals surface area contributed by atoms with Crippen LogP contribution in [-0.4, -0.2) is 22.6 Å². The van der Waals surface area contributed by atoms with Gasteiger partial charge in [-0.3, -0.25) is 9.36 Å². The highest BCUT2D eigenvalue weighted by Crippen LogP contribution is 2.38. The van der Waals surface area contributed by atoms with E-state index in [1.54, 1.807) is 13.4 Å². The molecule has 2 aromatic carbocycles. The molecule has 0 bridgehead atoms. The van der Waals surface area contributed by atoms with Gasteiger partial charge in [-0.05, 0) is 42.0 Å². The van der Waals surface area contributed by atoms with Crippen LogP contribution in [0.25, 0.3) is 5.69 Å². The van der Waals surface area contributed by atoms with Crippen LogP contribution in [-0.2, 0) is 4.79 Å². The number of halogens is 1. The predicted octanol–water partition coefficient (Wildman–Crippen LogP) is 4.01. The van der Waals surface area contributed by atoms with Crippen molar-refractivity contribution in [2.45, 2.75) is 12.3 Å². The molecule has 1 unspecified atom stereocenters. The summed E-state index contributed by atoms with van der Waals surface area (Å²) in [5.74, 6) is 1.33. The molecule has 4 rings (SSSR count). The maximum absolute atomic E-state index is 12.3. The standard InChI is InChI=1S/C19H16ClN3O2/c1-25-15-7-5-14(6-8-15)23-11-21-18-16(10-17(24)22-19(18)23)12-3-2-4-13(20)9-12/h2-9,11,16H,10H2,1H3,(H,22,24). The minimum atomic E-state index is -0.109. The Morgan fingerprint density at radius 3 is 2.76 bits per heavy atom. The molecule has 5 nitrogen and oxygen atoms in total. The lowest BCUT2D eigenvalue weighted by Crippen LogP contribution is -2.24. The van der Waals surface area contributed by atoms with E-state index in [9.17, 15) is 4.79 Å². The third kappa shape index (κ3) is 2.87. The highest BCUT2D eigenvalue weighted by molar-refractivity contribution is 6.30. The van der Waals surface area contributed by atoms with Gasteiger partial charge >= 0.3 is 0 Å². The van der Waals surface area contributed by atoms with Gasteiger partial charge in [-0.1, -0.05) is 23.7 Å². The Balaban J connectivity index is 1.78. The van der Waals surface area contributed by atoms with Crippen LogP contribution in [0.4, 0.5) is 5.82 Å². The number of rotatable bonds is 3. The smallest absolute Gasteiger partial charge is 0.226 e. The largest absolute Gasteiger partial charge is 0.497 e. The van der Waals surface area contributed by atoms with Gasteiger partial charge in [0.1, 0.15) is 17.9 Å². The van der Waals surface area contributed by atoms with Crippen LogP contribution in [0.5, 0.6) is 5.75 Å². The van der Waals surface area contributed by atoms with Gasteiger partial charge in [0.2, 0.25) is 5.91 Å². The topological polar surface area (TPSA) is 56.1 Å². The van der Waals surface area contributed by atoms with Crippen LogP contribution in [0.2, 0.25) is 5.02 Å². The van der Waals surface area contributed by atoms with Crippen LogP contribution in [0, 0.1) is 0 Å². The monoisotopic (exact) mass is 353 g/mol. The van der Waals surface area contributed by atoms with Crippen molar-refractivity contribution >= 4 is 23.3 Å². The molecule has 0 fully saturated rings. The average Bonchev–Trinajstić information content (AvgIpc) is 3.04. The van der Waals surface area contributed by atoms with Gasteiger partial charge in [0, 0.05) is 23.0 Å². The first kappa shape index (κ1) is 15.7. The number of benzene rings is 2. The number of methoxy groups -OCH3 is 1. The van der Waals surface area contributed by atoms with Crippen LogP contribution >= 0.6 is 11.6 Å². The van der Waals surface area contributed by atoms with E-state index in [1.807, 2.05) is 53.1 Å². The van der Waals surface area contributed by atoms with Crippen molar-refractivity contribution in [2.24, 2.45) is 0 Å². The summed E-state index contributed by atoms with van der Waals surface area (Å²) in [6, 6.07) is 15.2.